The Kier molecular flexibility index (Phi) is 12.3. The lowest BCUT2D eigenvalue weighted by molar-refractivity contribution is -0.384. The highest BCUT2D eigenvalue weighted by molar-refractivity contribution is 7.89. The molecule has 2 aromatic carbocycles. The molecule has 0 spiro atoms. The first-order valence-electron chi connectivity index (χ1n) is 14.8. The van der Waals surface area contributed by atoms with Crippen molar-refractivity contribution in [2.24, 2.45) is 0 Å². The molecule has 1 atom stereocenters. The molecule has 49 heavy (non-hydrogen) atoms. The quantitative estimate of drug-likeness (QED) is 0.0950. The van der Waals surface area contributed by atoms with Crippen LogP contribution in [0.3, 0.4) is 0 Å². The van der Waals surface area contributed by atoms with Gasteiger partial charge in [-0.2, -0.15) is 0 Å². The standard InChI is InChI=1S/C31H39N5O12S/c1-30(2,3)48-28(39)33-31(4,5)27(38)32-24(19-45-18-20-10-8-7-9-11-20)25-23(26(37)35(34-25)49(6,43)44)16-17-46-29(40)47-22-14-12-21(13-15-22)36(41)42/h7-15,24,34H,16-19H2,1-6H3,(H,32,38)(H,33,39)/t24-/m1/s1. The predicted octanol–water partition coefficient (Wildman–Crippen LogP) is 3.33. The summed E-state index contributed by atoms with van der Waals surface area (Å²) in [6.45, 7) is 7.18. The minimum Gasteiger partial charge on any atom is -0.444 e. The van der Waals surface area contributed by atoms with Gasteiger partial charge in [-0.1, -0.05) is 30.3 Å². The van der Waals surface area contributed by atoms with Gasteiger partial charge >= 0.3 is 12.2 Å². The van der Waals surface area contributed by atoms with E-state index < -0.39 is 62.5 Å². The third-order valence-electron chi connectivity index (χ3n) is 6.57. The van der Waals surface area contributed by atoms with Crippen LogP contribution in [0.15, 0.2) is 59.4 Å². The van der Waals surface area contributed by atoms with Crippen LogP contribution >= 0.6 is 0 Å². The van der Waals surface area contributed by atoms with Crippen LogP contribution in [0.2, 0.25) is 0 Å². The normalized spacial score (nSPS) is 12.4. The highest BCUT2D eigenvalue weighted by Gasteiger charge is 2.35. The Morgan fingerprint density at radius 3 is 2.22 bits per heavy atom. The van der Waals surface area contributed by atoms with E-state index in [9.17, 15) is 37.7 Å². The van der Waals surface area contributed by atoms with E-state index in [1.807, 2.05) is 18.2 Å². The Morgan fingerprint density at radius 2 is 1.65 bits per heavy atom. The summed E-state index contributed by atoms with van der Waals surface area (Å²) in [5.74, 6) is -0.771. The SMILES string of the molecule is CC(C)(C)OC(=O)NC(C)(C)C(=O)N[C@H](COCc1ccccc1)c1[nH]n(S(C)(=O)=O)c(=O)c1CCOC(=O)Oc1ccc([N+](=O)[O-])cc1. The monoisotopic (exact) mass is 705 g/mol. The Bertz CT molecular complexity index is 1810. The number of aromatic nitrogens is 2. The summed E-state index contributed by atoms with van der Waals surface area (Å²) < 4.78 is 46.6. The fraction of sp³-hybridized carbons (Fsp3) is 0.419. The first-order chi connectivity index (χ1) is 22.8. The molecule has 0 fully saturated rings. The van der Waals surface area contributed by atoms with Gasteiger partial charge < -0.3 is 29.6 Å². The molecule has 0 bridgehead atoms. The average molecular weight is 706 g/mol. The van der Waals surface area contributed by atoms with E-state index in [0.29, 0.717) is 4.09 Å². The van der Waals surface area contributed by atoms with Gasteiger partial charge in [0.2, 0.25) is 5.91 Å². The van der Waals surface area contributed by atoms with Gasteiger partial charge in [-0.25, -0.2) is 18.0 Å². The maximum absolute atomic E-state index is 13.5. The van der Waals surface area contributed by atoms with E-state index in [1.54, 1.807) is 32.9 Å². The number of amides is 2. The minimum absolute atomic E-state index is 0.0432. The maximum atomic E-state index is 13.5. The molecule has 1 heterocycles. The molecule has 0 aliphatic heterocycles. The van der Waals surface area contributed by atoms with Gasteiger partial charge in [-0.05, 0) is 52.3 Å². The maximum Gasteiger partial charge on any atom is 0.513 e. The fourth-order valence-corrected chi connectivity index (χ4v) is 4.92. The molecular weight excluding hydrogens is 666 g/mol. The summed E-state index contributed by atoms with van der Waals surface area (Å²) in [4.78, 5) is 61.9. The zero-order valence-electron chi connectivity index (χ0n) is 27.8. The predicted molar refractivity (Wildman–Crippen MR) is 175 cm³/mol. The van der Waals surface area contributed by atoms with Crippen molar-refractivity contribution in [2.75, 3.05) is 19.5 Å². The molecule has 0 radical (unpaired) electrons. The zero-order chi connectivity index (χ0) is 36.6. The van der Waals surface area contributed by atoms with Gasteiger partial charge in [0.15, 0.2) is 0 Å². The van der Waals surface area contributed by atoms with E-state index in [-0.39, 0.29) is 42.3 Å². The van der Waals surface area contributed by atoms with Gasteiger partial charge in [0.1, 0.15) is 16.9 Å². The molecular formula is C31H39N5O12S. The summed E-state index contributed by atoms with van der Waals surface area (Å²) >= 11 is 0. The van der Waals surface area contributed by atoms with Crippen molar-refractivity contribution < 1.29 is 46.7 Å². The lowest BCUT2D eigenvalue weighted by atomic mass is 10.0. The molecule has 17 nitrogen and oxygen atoms in total. The first kappa shape index (κ1) is 38.2. The van der Waals surface area contributed by atoms with E-state index in [2.05, 4.69) is 15.7 Å². The van der Waals surface area contributed by atoms with Crippen molar-refractivity contribution in [1.82, 2.24) is 19.8 Å². The van der Waals surface area contributed by atoms with Gasteiger partial charge in [-0.3, -0.25) is 24.8 Å². The number of H-pyrrole nitrogens is 1. The Labute approximate surface area is 282 Å². The Morgan fingerprint density at radius 1 is 1.02 bits per heavy atom. The van der Waals surface area contributed by atoms with Crippen LogP contribution in [-0.4, -0.2) is 71.3 Å². The summed E-state index contributed by atoms with van der Waals surface area (Å²) in [5, 5.41) is 18.6. The van der Waals surface area contributed by atoms with E-state index in [1.165, 1.54) is 26.0 Å². The van der Waals surface area contributed by atoms with Crippen molar-refractivity contribution in [1.29, 1.82) is 0 Å². The lowest BCUT2D eigenvalue weighted by Crippen LogP contribution is -2.56. The van der Waals surface area contributed by atoms with Crippen LogP contribution in [-0.2, 0) is 42.1 Å². The van der Waals surface area contributed by atoms with Crippen molar-refractivity contribution in [2.45, 2.75) is 64.8 Å². The number of carbonyl (C=O) groups is 3. The third-order valence-corrected chi connectivity index (χ3v) is 7.49. The van der Waals surface area contributed by atoms with E-state index in [0.717, 1.165) is 24.0 Å². The molecule has 0 unspecified atom stereocenters. The van der Waals surface area contributed by atoms with Gasteiger partial charge in [0.05, 0.1) is 42.7 Å². The second-order valence-electron chi connectivity index (χ2n) is 12.3. The van der Waals surface area contributed by atoms with Crippen LogP contribution in [0.25, 0.3) is 0 Å². The number of ether oxygens (including phenoxy) is 4. The van der Waals surface area contributed by atoms with Crippen molar-refractivity contribution >= 4 is 33.9 Å². The molecule has 3 aromatic rings. The lowest BCUT2D eigenvalue weighted by Gasteiger charge is -2.29. The Hall–Kier alpha value is -5.23. The topological polar surface area (TPSA) is 227 Å². The van der Waals surface area contributed by atoms with E-state index in [4.69, 9.17) is 18.9 Å². The largest absolute Gasteiger partial charge is 0.513 e. The van der Waals surface area contributed by atoms with Crippen LogP contribution < -0.4 is 20.9 Å². The van der Waals surface area contributed by atoms with Crippen molar-refractivity contribution in [3.05, 3.63) is 91.9 Å². The zero-order valence-corrected chi connectivity index (χ0v) is 28.6. The number of aromatic amines is 1. The van der Waals surface area contributed by atoms with Gasteiger partial charge in [0, 0.05) is 24.1 Å². The van der Waals surface area contributed by atoms with Crippen LogP contribution in [0, 0.1) is 10.1 Å². The smallest absolute Gasteiger partial charge is 0.444 e. The number of alkyl carbamates (subject to hydrolysis) is 1. The number of nitro groups is 1. The second kappa shape index (κ2) is 15.8. The minimum atomic E-state index is -4.17. The number of carbonyl (C=O) groups excluding carboxylic acids is 3. The molecule has 0 aliphatic carbocycles. The highest BCUT2D eigenvalue weighted by atomic mass is 32.2. The average Bonchev–Trinajstić information content (AvgIpc) is 3.32. The number of nitrogens with zero attached hydrogens (tertiary/aromatic N) is 2. The van der Waals surface area contributed by atoms with Crippen LogP contribution in [0.5, 0.6) is 5.75 Å². The summed E-state index contributed by atoms with van der Waals surface area (Å²) in [7, 11) is -4.17. The molecule has 0 saturated carbocycles. The number of benzene rings is 2. The molecule has 1 aromatic heterocycles. The molecule has 0 aliphatic rings. The second-order valence-corrected chi connectivity index (χ2v) is 14.1. The van der Waals surface area contributed by atoms with Gasteiger partial charge in [0.25, 0.3) is 21.3 Å². The number of hydrogen-bond donors (Lipinski definition) is 3. The summed E-state index contributed by atoms with van der Waals surface area (Å²) in [5.41, 5.74) is -3.02. The number of hydrogen-bond acceptors (Lipinski definition) is 12. The third kappa shape index (κ3) is 11.5. The van der Waals surface area contributed by atoms with Crippen LogP contribution in [0.1, 0.15) is 57.5 Å². The highest BCUT2D eigenvalue weighted by Crippen LogP contribution is 2.20. The molecule has 3 N–H and O–H groups in total. The molecule has 266 valence electrons. The molecule has 3 rings (SSSR count). The molecule has 18 heteroatoms. The summed E-state index contributed by atoms with van der Waals surface area (Å²) in [6, 6.07) is 12.5. The Balaban J connectivity index is 1.87. The number of nitro benzene ring substituents is 1. The fourth-order valence-electron chi connectivity index (χ4n) is 4.25. The summed E-state index contributed by atoms with van der Waals surface area (Å²) in [6.07, 6.45) is -1.59. The van der Waals surface area contributed by atoms with Gasteiger partial charge in [-0.15, -0.1) is 4.09 Å². The molecule has 2 amide bonds. The van der Waals surface area contributed by atoms with Crippen LogP contribution in [0.4, 0.5) is 15.3 Å². The number of non-ortho nitro benzene ring substituents is 1. The molecule has 0 saturated heterocycles. The number of nitrogens with one attached hydrogen (secondary N) is 3. The first-order valence-corrected chi connectivity index (χ1v) is 16.7. The van der Waals surface area contributed by atoms with E-state index >= 15 is 0 Å². The number of rotatable bonds is 14. The van der Waals surface area contributed by atoms with Crippen molar-refractivity contribution in [3.63, 3.8) is 0 Å². The van der Waals surface area contributed by atoms with Crippen molar-refractivity contribution in [3.8, 4) is 5.75 Å².